The van der Waals surface area contributed by atoms with Gasteiger partial charge in [-0.2, -0.15) is 0 Å². The van der Waals surface area contributed by atoms with Crippen molar-refractivity contribution >= 4 is 21.7 Å². The summed E-state index contributed by atoms with van der Waals surface area (Å²) in [5, 5.41) is 11.5. The summed E-state index contributed by atoms with van der Waals surface area (Å²) < 4.78 is 25.2. The lowest BCUT2D eigenvalue weighted by Crippen LogP contribution is -2.33. The Morgan fingerprint density at radius 3 is 2.11 bits per heavy atom. The highest BCUT2D eigenvalue weighted by molar-refractivity contribution is 7.92. The molecule has 0 spiro atoms. The van der Waals surface area contributed by atoms with Crippen LogP contribution >= 0.6 is 0 Å². The van der Waals surface area contributed by atoms with Gasteiger partial charge in [0.25, 0.3) is 5.91 Å². The Balaban J connectivity index is 1.76. The van der Waals surface area contributed by atoms with E-state index in [0.29, 0.717) is 18.4 Å². The molecule has 2 aromatic rings. The summed E-state index contributed by atoms with van der Waals surface area (Å²) in [5.74, 6) is -1.74. The molecule has 2 N–H and O–H groups in total. The highest BCUT2D eigenvalue weighted by Crippen LogP contribution is 2.29. The molecule has 1 saturated carbocycles. The molecule has 2 aromatic carbocycles. The van der Waals surface area contributed by atoms with Crippen molar-refractivity contribution in [2.75, 3.05) is 0 Å². The number of nitrogens with one attached hydrogen (secondary N) is 1. The highest BCUT2D eigenvalue weighted by atomic mass is 32.2. The maximum absolute atomic E-state index is 12.6. The van der Waals surface area contributed by atoms with Gasteiger partial charge in [-0.3, -0.25) is 4.79 Å². The number of benzene rings is 2. The Kier molecular flexibility index (Phi) is 5.60. The van der Waals surface area contributed by atoms with E-state index in [2.05, 4.69) is 5.32 Å². The molecule has 6 nitrogen and oxygen atoms in total. The first kappa shape index (κ1) is 19.1. The van der Waals surface area contributed by atoms with Crippen LogP contribution in [0.1, 0.15) is 47.6 Å². The number of sulfone groups is 1. The third-order valence-electron chi connectivity index (χ3n) is 4.84. The predicted molar refractivity (Wildman–Crippen MR) is 100 cm³/mol. The summed E-state index contributed by atoms with van der Waals surface area (Å²) in [6, 6.07) is 12.9. The van der Waals surface area contributed by atoms with E-state index in [1.54, 1.807) is 30.3 Å². The average Bonchev–Trinajstić information content (AvgIpc) is 3.22. The summed E-state index contributed by atoms with van der Waals surface area (Å²) in [5.41, 5.74) is 0.668. The fourth-order valence-electron chi connectivity index (χ4n) is 3.33. The van der Waals surface area contributed by atoms with Crippen LogP contribution in [0.4, 0.5) is 0 Å². The Morgan fingerprint density at radius 1 is 0.963 bits per heavy atom. The van der Waals surface area contributed by atoms with Gasteiger partial charge in [0.2, 0.25) is 0 Å². The van der Waals surface area contributed by atoms with Crippen molar-refractivity contribution in [3.8, 4) is 0 Å². The van der Waals surface area contributed by atoms with Gasteiger partial charge in [-0.05, 0) is 42.7 Å². The molecule has 7 heteroatoms. The number of hydrogen-bond donors (Lipinski definition) is 2. The largest absolute Gasteiger partial charge is 0.479 e. The molecule has 1 amide bonds. The third-order valence-corrected chi connectivity index (χ3v) is 7.12. The van der Waals surface area contributed by atoms with Crippen molar-refractivity contribution in [1.82, 2.24) is 5.32 Å². The van der Waals surface area contributed by atoms with E-state index in [4.69, 9.17) is 0 Å². The van der Waals surface area contributed by atoms with E-state index >= 15 is 0 Å². The first-order chi connectivity index (χ1) is 12.9. The van der Waals surface area contributed by atoms with Crippen LogP contribution in [0.3, 0.4) is 0 Å². The van der Waals surface area contributed by atoms with Crippen LogP contribution in [-0.2, 0) is 14.6 Å². The number of carboxylic acid groups (broad SMARTS) is 1. The van der Waals surface area contributed by atoms with Gasteiger partial charge in [-0.25, -0.2) is 13.2 Å². The Hall–Kier alpha value is -2.67. The first-order valence-electron chi connectivity index (χ1n) is 8.82. The van der Waals surface area contributed by atoms with Gasteiger partial charge in [-0.1, -0.05) is 43.2 Å². The van der Waals surface area contributed by atoms with Crippen LogP contribution in [0.5, 0.6) is 0 Å². The minimum atomic E-state index is -3.39. The molecule has 0 aromatic heterocycles. The van der Waals surface area contributed by atoms with Crippen LogP contribution in [-0.4, -0.2) is 30.7 Å². The summed E-state index contributed by atoms with van der Waals surface area (Å²) in [6.07, 6.45) is 3.17. The van der Waals surface area contributed by atoms with Crippen molar-refractivity contribution in [2.45, 2.75) is 41.9 Å². The normalized spacial score (nSPS) is 16.0. The number of aliphatic carboxylic acids is 1. The second-order valence-corrected chi connectivity index (χ2v) is 8.86. The SMILES string of the molecule is O=C(N[C@@H](C(=O)O)c1ccccc1)c1ccc(S(=O)(=O)C2CCCC2)cc1. The maximum Gasteiger partial charge on any atom is 0.330 e. The Bertz CT molecular complexity index is 917. The lowest BCUT2D eigenvalue weighted by atomic mass is 10.1. The van der Waals surface area contributed by atoms with Gasteiger partial charge in [0, 0.05) is 5.56 Å². The third kappa shape index (κ3) is 4.19. The minimum Gasteiger partial charge on any atom is -0.479 e. The van der Waals surface area contributed by atoms with Crippen LogP contribution < -0.4 is 5.32 Å². The molecule has 0 aliphatic heterocycles. The molecule has 1 aliphatic carbocycles. The molecule has 1 aliphatic rings. The van der Waals surface area contributed by atoms with Crippen LogP contribution in [0, 0.1) is 0 Å². The van der Waals surface area contributed by atoms with Crippen molar-refractivity contribution in [3.63, 3.8) is 0 Å². The van der Waals surface area contributed by atoms with Crippen molar-refractivity contribution < 1.29 is 23.1 Å². The van der Waals surface area contributed by atoms with Gasteiger partial charge in [0.1, 0.15) is 0 Å². The minimum absolute atomic E-state index is 0.198. The van der Waals surface area contributed by atoms with Crippen molar-refractivity contribution in [3.05, 3.63) is 65.7 Å². The zero-order valence-electron chi connectivity index (χ0n) is 14.7. The number of carboxylic acids is 1. The number of amides is 1. The molecule has 0 unspecified atom stereocenters. The summed E-state index contributed by atoms with van der Waals surface area (Å²) >= 11 is 0. The van der Waals surface area contributed by atoms with E-state index in [1.807, 2.05) is 0 Å². The summed E-state index contributed by atoms with van der Waals surface area (Å²) in [7, 11) is -3.39. The molecule has 0 bridgehead atoms. The van der Waals surface area contributed by atoms with Gasteiger partial charge in [-0.15, -0.1) is 0 Å². The molecule has 0 heterocycles. The van der Waals surface area contributed by atoms with Gasteiger partial charge >= 0.3 is 5.97 Å². The van der Waals surface area contributed by atoms with Crippen LogP contribution in [0.15, 0.2) is 59.5 Å². The zero-order valence-corrected chi connectivity index (χ0v) is 15.5. The fourth-order valence-corrected chi connectivity index (χ4v) is 5.19. The first-order valence-corrected chi connectivity index (χ1v) is 10.4. The van der Waals surface area contributed by atoms with E-state index < -0.39 is 27.8 Å². The molecule has 0 saturated heterocycles. The number of rotatable bonds is 6. The Morgan fingerprint density at radius 2 is 1.56 bits per heavy atom. The standard InChI is InChI=1S/C20H21NO5S/c22-19(21-18(20(23)24)14-6-2-1-3-7-14)15-10-12-17(13-11-15)27(25,26)16-8-4-5-9-16/h1-3,6-7,10-13,16,18H,4-5,8-9H2,(H,21,22)(H,23,24)/t18-/m1/s1. The lowest BCUT2D eigenvalue weighted by Gasteiger charge is -2.15. The van der Waals surface area contributed by atoms with Crippen molar-refractivity contribution in [2.24, 2.45) is 0 Å². The molecule has 142 valence electrons. The maximum atomic E-state index is 12.6. The molecule has 1 atom stereocenters. The van der Waals surface area contributed by atoms with Crippen LogP contribution in [0.25, 0.3) is 0 Å². The summed E-state index contributed by atoms with van der Waals surface area (Å²) in [4.78, 5) is 24.1. The van der Waals surface area contributed by atoms with Gasteiger partial charge < -0.3 is 10.4 Å². The van der Waals surface area contributed by atoms with Gasteiger partial charge in [0.15, 0.2) is 15.9 Å². The molecule has 1 fully saturated rings. The quantitative estimate of drug-likeness (QED) is 0.794. The van der Waals surface area contributed by atoms with Crippen molar-refractivity contribution in [1.29, 1.82) is 0 Å². The number of carbonyl (C=O) groups is 2. The number of hydrogen-bond acceptors (Lipinski definition) is 4. The smallest absolute Gasteiger partial charge is 0.330 e. The van der Waals surface area contributed by atoms with E-state index in [1.165, 1.54) is 24.3 Å². The fraction of sp³-hybridized carbons (Fsp3) is 0.300. The molecule has 3 rings (SSSR count). The van der Waals surface area contributed by atoms with E-state index in [0.717, 1.165) is 12.8 Å². The average molecular weight is 387 g/mol. The molecular weight excluding hydrogens is 366 g/mol. The summed E-state index contributed by atoms with van der Waals surface area (Å²) in [6.45, 7) is 0. The lowest BCUT2D eigenvalue weighted by molar-refractivity contribution is -0.139. The molecule has 0 radical (unpaired) electrons. The second-order valence-electron chi connectivity index (χ2n) is 6.63. The predicted octanol–water partition coefficient (Wildman–Crippen LogP) is 2.96. The molecular formula is C20H21NO5S. The monoisotopic (exact) mass is 387 g/mol. The van der Waals surface area contributed by atoms with E-state index in [9.17, 15) is 23.1 Å². The van der Waals surface area contributed by atoms with Gasteiger partial charge in [0.05, 0.1) is 10.1 Å². The highest BCUT2D eigenvalue weighted by Gasteiger charge is 2.30. The van der Waals surface area contributed by atoms with E-state index in [-0.39, 0.29) is 15.7 Å². The Labute approximate surface area is 158 Å². The number of carbonyl (C=O) groups excluding carboxylic acids is 1. The topological polar surface area (TPSA) is 101 Å². The van der Waals surface area contributed by atoms with Crippen LogP contribution in [0.2, 0.25) is 0 Å². The zero-order chi connectivity index (χ0) is 19.4. The molecule has 27 heavy (non-hydrogen) atoms. The second kappa shape index (κ2) is 7.92.